The molecule has 0 spiro atoms. The van der Waals surface area contributed by atoms with E-state index in [9.17, 15) is 18.0 Å². The van der Waals surface area contributed by atoms with Crippen LogP contribution in [0.25, 0.3) is 5.69 Å². The number of methoxy groups -OCH3 is 2. The summed E-state index contributed by atoms with van der Waals surface area (Å²) in [6, 6.07) is 4.31. The summed E-state index contributed by atoms with van der Waals surface area (Å²) in [5.74, 6) is -1.56. The number of esters is 1. The Kier molecular flexibility index (Phi) is 5.91. The molecule has 0 aliphatic heterocycles. The number of aromatic nitrogens is 2. The molecule has 0 unspecified atom stereocenters. The van der Waals surface area contributed by atoms with Gasteiger partial charge in [-0.3, -0.25) is 0 Å². The molecule has 0 saturated carbocycles. The molecular weight excluding hydrogens is 353 g/mol. The van der Waals surface area contributed by atoms with E-state index in [0.29, 0.717) is 11.4 Å². The fourth-order valence-electron chi connectivity index (χ4n) is 2.49. The van der Waals surface area contributed by atoms with Crippen LogP contribution in [0.15, 0.2) is 18.2 Å². The minimum Gasteiger partial charge on any atom is -0.475 e. The van der Waals surface area contributed by atoms with E-state index in [-0.39, 0.29) is 24.6 Å². The highest BCUT2D eigenvalue weighted by Gasteiger charge is 2.38. The number of nitrogens with zero attached hydrogens (tertiary/aromatic N) is 2. The molecule has 0 N–H and O–H groups in total. The first-order valence-electron chi connectivity index (χ1n) is 7.68. The normalized spacial score (nSPS) is 11.5. The van der Waals surface area contributed by atoms with Gasteiger partial charge in [0.1, 0.15) is 12.2 Å². The summed E-state index contributed by atoms with van der Waals surface area (Å²) in [6.07, 6.45) is -4.71. The van der Waals surface area contributed by atoms with Crippen LogP contribution in [0.5, 0.6) is 5.88 Å². The lowest BCUT2D eigenvalue weighted by Gasteiger charge is -2.19. The zero-order chi connectivity index (χ0) is 19.5. The molecule has 0 amide bonds. The predicted octanol–water partition coefficient (Wildman–Crippen LogP) is 3.32. The van der Waals surface area contributed by atoms with Gasteiger partial charge >= 0.3 is 12.1 Å². The van der Waals surface area contributed by atoms with E-state index in [4.69, 9.17) is 9.47 Å². The Morgan fingerprint density at radius 2 is 1.77 bits per heavy atom. The summed E-state index contributed by atoms with van der Waals surface area (Å²) < 4.78 is 56.6. The van der Waals surface area contributed by atoms with Crippen molar-refractivity contribution in [3.63, 3.8) is 0 Å². The van der Waals surface area contributed by atoms with Gasteiger partial charge < -0.3 is 18.8 Å². The van der Waals surface area contributed by atoms with Crippen molar-refractivity contribution in [2.24, 2.45) is 0 Å². The lowest BCUT2D eigenvalue weighted by Crippen LogP contribution is -2.19. The van der Waals surface area contributed by atoms with Crippen molar-refractivity contribution in [2.75, 3.05) is 27.4 Å². The molecule has 26 heavy (non-hydrogen) atoms. The molecule has 6 nitrogen and oxygen atoms in total. The Balaban J connectivity index is 2.72. The average Bonchev–Trinajstić information content (AvgIpc) is 2.91. The van der Waals surface area contributed by atoms with Crippen LogP contribution >= 0.6 is 0 Å². The number of hydrogen-bond donors (Lipinski definition) is 0. The second kappa shape index (κ2) is 7.77. The van der Waals surface area contributed by atoms with Gasteiger partial charge in [-0.25, -0.2) is 9.78 Å². The highest BCUT2D eigenvalue weighted by molar-refractivity contribution is 5.91. The average molecular weight is 372 g/mol. The molecule has 0 atom stereocenters. The summed E-state index contributed by atoms with van der Waals surface area (Å²) in [5, 5.41) is 0. The lowest BCUT2D eigenvalue weighted by atomic mass is 10.2. The van der Waals surface area contributed by atoms with Gasteiger partial charge in [-0.15, -0.1) is 0 Å². The van der Waals surface area contributed by atoms with Crippen LogP contribution in [-0.2, 0) is 15.7 Å². The van der Waals surface area contributed by atoms with E-state index < -0.39 is 23.6 Å². The van der Waals surface area contributed by atoms with Crippen molar-refractivity contribution in [1.82, 2.24) is 9.55 Å². The van der Waals surface area contributed by atoms with Gasteiger partial charge in [-0.1, -0.05) is 0 Å². The maximum Gasteiger partial charge on any atom is 0.421 e. The zero-order valence-electron chi connectivity index (χ0n) is 14.8. The van der Waals surface area contributed by atoms with Crippen molar-refractivity contribution in [1.29, 1.82) is 0 Å². The van der Waals surface area contributed by atoms with E-state index in [1.54, 1.807) is 26.0 Å². The van der Waals surface area contributed by atoms with Gasteiger partial charge in [0, 0.05) is 18.5 Å². The minimum absolute atomic E-state index is 0.0248. The number of hydrogen-bond acceptors (Lipinski definition) is 5. The van der Waals surface area contributed by atoms with Gasteiger partial charge in [0.25, 0.3) is 0 Å². The number of rotatable bonds is 6. The van der Waals surface area contributed by atoms with Crippen molar-refractivity contribution < 1.29 is 32.2 Å². The van der Waals surface area contributed by atoms with Crippen molar-refractivity contribution in [3.05, 3.63) is 40.8 Å². The molecule has 142 valence electrons. The molecule has 0 aliphatic rings. The third-order valence-electron chi connectivity index (χ3n) is 3.69. The van der Waals surface area contributed by atoms with Gasteiger partial charge in [0.05, 0.1) is 19.4 Å². The zero-order valence-corrected chi connectivity index (χ0v) is 14.8. The van der Waals surface area contributed by atoms with Crippen LogP contribution in [0.2, 0.25) is 0 Å². The minimum atomic E-state index is -4.71. The monoisotopic (exact) mass is 372 g/mol. The molecule has 0 aliphatic carbocycles. The predicted molar refractivity (Wildman–Crippen MR) is 86.8 cm³/mol. The number of halogens is 3. The molecule has 0 radical (unpaired) electrons. The number of carbonyl (C=O) groups excluding carboxylic acids is 1. The third-order valence-corrected chi connectivity index (χ3v) is 3.69. The Morgan fingerprint density at radius 3 is 2.27 bits per heavy atom. The third kappa shape index (κ3) is 3.98. The molecular formula is C17H19F3N2O4. The first-order chi connectivity index (χ1) is 12.2. The molecule has 0 saturated heterocycles. The molecule has 2 heterocycles. The molecule has 0 bridgehead atoms. The molecule has 0 aromatic carbocycles. The van der Waals surface area contributed by atoms with Crippen molar-refractivity contribution >= 4 is 5.97 Å². The molecule has 2 rings (SSSR count). The number of carbonyl (C=O) groups is 1. The number of alkyl halides is 3. The molecule has 9 heteroatoms. The van der Waals surface area contributed by atoms with Crippen molar-refractivity contribution in [3.8, 4) is 11.6 Å². The highest BCUT2D eigenvalue weighted by Crippen LogP contribution is 2.38. The number of aryl methyl sites for hydroxylation is 2. The second-order valence-electron chi connectivity index (χ2n) is 5.49. The number of ether oxygens (including phenoxy) is 3. The van der Waals surface area contributed by atoms with Crippen LogP contribution in [0, 0.1) is 13.8 Å². The smallest absolute Gasteiger partial charge is 0.421 e. The van der Waals surface area contributed by atoms with Crippen LogP contribution in [0.1, 0.15) is 27.4 Å². The van der Waals surface area contributed by atoms with Crippen LogP contribution < -0.4 is 4.74 Å². The van der Waals surface area contributed by atoms with Gasteiger partial charge in [-0.05, 0) is 32.0 Å². The lowest BCUT2D eigenvalue weighted by molar-refractivity contribution is -0.139. The standard InChI is InChI=1S/C17H19F3N2O4/c1-10-5-6-11(2)22(10)13-9-12(17(18,19)20)15(26-8-7-24-3)21-14(13)16(23)25-4/h5-6,9H,7-8H2,1-4H3. The van der Waals surface area contributed by atoms with Crippen molar-refractivity contribution in [2.45, 2.75) is 20.0 Å². The summed E-state index contributed by atoms with van der Waals surface area (Å²) in [6.45, 7) is 3.35. The highest BCUT2D eigenvalue weighted by atomic mass is 19.4. The molecule has 2 aromatic heterocycles. The Labute approximate surface area is 148 Å². The Bertz CT molecular complexity index is 781. The van der Waals surface area contributed by atoms with E-state index in [1.807, 2.05) is 0 Å². The molecule has 0 fully saturated rings. The Morgan fingerprint density at radius 1 is 1.15 bits per heavy atom. The van der Waals surface area contributed by atoms with Gasteiger partial charge in [0.15, 0.2) is 5.69 Å². The molecule has 2 aromatic rings. The van der Waals surface area contributed by atoms with E-state index in [2.05, 4.69) is 9.72 Å². The van der Waals surface area contributed by atoms with Crippen LogP contribution in [-0.4, -0.2) is 43.0 Å². The summed E-state index contributed by atoms with van der Waals surface area (Å²) in [7, 11) is 2.52. The van der Waals surface area contributed by atoms with Crippen LogP contribution in [0.4, 0.5) is 13.2 Å². The summed E-state index contributed by atoms with van der Waals surface area (Å²) >= 11 is 0. The topological polar surface area (TPSA) is 62.6 Å². The quantitative estimate of drug-likeness (QED) is 0.575. The summed E-state index contributed by atoms with van der Waals surface area (Å²) in [4.78, 5) is 16.0. The SMILES string of the molecule is COCCOc1nc(C(=O)OC)c(-n2c(C)ccc2C)cc1C(F)(F)F. The maximum absolute atomic E-state index is 13.5. The largest absolute Gasteiger partial charge is 0.475 e. The first-order valence-corrected chi connectivity index (χ1v) is 7.68. The van der Waals surface area contributed by atoms with E-state index in [1.165, 1.54) is 11.7 Å². The van der Waals surface area contributed by atoms with Gasteiger partial charge in [-0.2, -0.15) is 13.2 Å². The van der Waals surface area contributed by atoms with E-state index in [0.717, 1.165) is 13.2 Å². The van der Waals surface area contributed by atoms with Crippen LogP contribution in [0.3, 0.4) is 0 Å². The maximum atomic E-state index is 13.5. The Hall–Kier alpha value is -2.55. The van der Waals surface area contributed by atoms with E-state index >= 15 is 0 Å². The second-order valence-corrected chi connectivity index (χ2v) is 5.49. The fourth-order valence-corrected chi connectivity index (χ4v) is 2.49. The fraction of sp³-hybridized carbons (Fsp3) is 0.412. The first kappa shape index (κ1) is 19.8. The van der Waals surface area contributed by atoms with Gasteiger partial charge in [0.2, 0.25) is 5.88 Å². The number of pyridine rings is 1. The summed E-state index contributed by atoms with van der Waals surface area (Å²) in [5.41, 5.74) is -0.0754.